The SMILES string of the molecule is CCc1cc(CC2(N)CCCC(C)C2)n(C)n1. The van der Waals surface area contributed by atoms with Gasteiger partial charge < -0.3 is 5.73 Å². The Labute approximate surface area is 104 Å². The van der Waals surface area contributed by atoms with Crippen molar-refractivity contribution in [1.82, 2.24) is 9.78 Å². The molecular weight excluding hydrogens is 210 g/mol. The zero-order valence-corrected chi connectivity index (χ0v) is 11.4. The van der Waals surface area contributed by atoms with Crippen LogP contribution in [-0.4, -0.2) is 15.3 Å². The molecule has 0 aliphatic heterocycles. The van der Waals surface area contributed by atoms with E-state index in [0.29, 0.717) is 0 Å². The van der Waals surface area contributed by atoms with Gasteiger partial charge in [-0.05, 0) is 31.2 Å². The fourth-order valence-corrected chi connectivity index (χ4v) is 3.13. The largest absolute Gasteiger partial charge is 0.325 e. The molecule has 0 radical (unpaired) electrons. The molecule has 0 spiro atoms. The molecule has 1 aliphatic rings. The van der Waals surface area contributed by atoms with E-state index >= 15 is 0 Å². The lowest BCUT2D eigenvalue weighted by Gasteiger charge is -2.36. The highest BCUT2D eigenvalue weighted by molar-refractivity contribution is 5.14. The highest BCUT2D eigenvalue weighted by Gasteiger charge is 2.31. The number of aryl methyl sites for hydroxylation is 2. The molecule has 96 valence electrons. The molecule has 1 aromatic heterocycles. The van der Waals surface area contributed by atoms with E-state index in [1.54, 1.807) is 0 Å². The summed E-state index contributed by atoms with van der Waals surface area (Å²) in [4.78, 5) is 0. The molecule has 2 atom stereocenters. The summed E-state index contributed by atoms with van der Waals surface area (Å²) in [7, 11) is 2.03. The molecule has 2 unspecified atom stereocenters. The number of nitrogens with zero attached hydrogens (tertiary/aromatic N) is 2. The maximum Gasteiger partial charge on any atom is 0.0624 e. The van der Waals surface area contributed by atoms with E-state index in [0.717, 1.165) is 31.6 Å². The van der Waals surface area contributed by atoms with Crippen LogP contribution in [0.1, 0.15) is 50.9 Å². The number of rotatable bonds is 3. The summed E-state index contributed by atoms with van der Waals surface area (Å²) < 4.78 is 2.01. The van der Waals surface area contributed by atoms with Gasteiger partial charge in [0.2, 0.25) is 0 Å². The van der Waals surface area contributed by atoms with Gasteiger partial charge in [-0.25, -0.2) is 0 Å². The molecule has 0 aromatic carbocycles. The molecule has 3 heteroatoms. The van der Waals surface area contributed by atoms with Gasteiger partial charge in [0, 0.05) is 24.7 Å². The monoisotopic (exact) mass is 235 g/mol. The Morgan fingerprint density at radius 2 is 2.35 bits per heavy atom. The van der Waals surface area contributed by atoms with Crippen LogP contribution in [0.4, 0.5) is 0 Å². The molecule has 2 N–H and O–H groups in total. The van der Waals surface area contributed by atoms with Crippen LogP contribution >= 0.6 is 0 Å². The first-order chi connectivity index (χ1) is 8.02. The molecule has 1 heterocycles. The highest BCUT2D eigenvalue weighted by atomic mass is 15.3. The van der Waals surface area contributed by atoms with Crippen LogP contribution in [0.2, 0.25) is 0 Å². The Hall–Kier alpha value is -0.830. The van der Waals surface area contributed by atoms with Crippen molar-refractivity contribution in [2.75, 3.05) is 0 Å². The molecule has 1 fully saturated rings. The van der Waals surface area contributed by atoms with Gasteiger partial charge in [-0.2, -0.15) is 5.10 Å². The maximum atomic E-state index is 6.56. The third-order valence-electron chi connectivity index (χ3n) is 4.05. The van der Waals surface area contributed by atoms with Crippen molar-refractivity contribution in [2.45, 2.75) is 57.9 Å². The van der Waals surface area contributed by atoms with Crippen molar-refractivity contribution in [3.05, 3.63) is 17.5 Å². The first-order valence-electron chi connectivity index (χ1n) is 6.83. The highest BCUT2D eigenvalue weighted by Crippen LogP contribution is 2.32. The Morgan fingerprint density at radius 3 is 2.94 bits per heavy atom. The molecule has 1 aromatic rings. The first kappa shape index (κ1) is 12.6. The molecule has 17 heavy (non-hydrogen) atoms. The Kier molecular flexibility index (Phi) is 3.57. The van der Waals surface area contributed by atoms with E-state index in [-0.39, 0.29) is 5.54 Å². The summed E-state index contributed by atoms with van der Waals surface area (Å²) in [6.45, 7) is 4.47. The van der Waals surface area contributed by atoms with Crippen molar-refractivity contribution >= 4 is 0 Å². The second-order valence-corrected chi connectivity index (χ2v) is 5.84. The van der Waals surface area contributed by atoms with E-state index in [1.807, 2.05) is 11.7 Å². The number of aromatic nitrogens is 2. The topological polar surface area (TPSA) is 43.8 Å². The number of hydrogen-bond acceptors (Lipinski definition) is 2. The average molecular weight is 235 g/mol. The fourth-order valence-electron chi connectivity index (χ4n) is 3.13. The molecule has 0 amide bonds. The molecule has 1 saturated carbocycles. The second-order valence-electron chi connectivity index (χ2n) is 5.84. The number of nitrogens with two attached hydrogens (primary N) is 1. The molecule has 2 rings (SSSR count). The van der Waals surface area contributed by atoms with Gasteiger partial charge in [0.05, 0.1) is 5.69 Å². The smallest absolute Gasteiger partial charge is 0.0624 e. The van der Waals surface area contributed by atoms with E-state index in [2.05, 4.69) is 25.0 Å². The van der Waals surface area contributed by atoms with Gasteiger partial charge in [-0.1, -0.05) is 26.7 Å². The standard InChI is InChI=1S/C14H25N3/c1-4-12-8-13(17(3)16-12)10-14(15)7-5-6-11(2)9-14/h8,11H,4-7,9-10,15H2,1-3H3. The Morgan fingerprint density at radius 1 is 1.59 bits per heavy atom. The van der Waals surface area contributed by atoms with Crippen LogP contribution in [0.3, 0.4) is 0 Å². The minimum Gasteiger partial charge on any atom is -0.325 e. The molecule has 1 aliphatic carbocycles. The molecule has 0 bridgehead atoms. The van der Waals surface area contributed by atoms with Gasteiger partial charge in [-0.15, -0.1) is 0 Å². The summed E-state index contributed by atoms with van der Waals surface area (Å²) in [5, 5.41) is 4.51. The molecule has 3 nitrogen and oxygen atoms in total. The maximum absolute atomic E-state index is 6.56. The number of hydrogen-bond donors (Lipinski definition) is 1. The summed E-state index contributed by atoms with van der Waals surface area (Å²) in [5.74, 6) is 0.771. The predicted molar refractivity (Wildman–Crippen MR) is 70.8 cm³/mol. The van der Waals surface area contributed by atoms with E-state index in [1.165, 1.54) is 24.2 Å². The quantitative estimate of drug-likeness (QED) is 0.874. The van der Waals surface area contributed by atoms with Crippen molar-refractivity contribution < 1.29 is 0 Å². The molecular formula is C14H25N3. The van der Waals surface area contributed by atoms with E-state index < -0.39 is 0 Å². The van der Waals surface area contributed by atoms with Gasteiger partial charge in [0.25, 0.3) is 0 Å². The zero-order chi connectivity index (χ0) is 12.5. The van der Waals surface area contributed by atoms with Crippen molar-refractivity contribution in [3.8, 4) is 0 Å². The van der Waals surface area contributed by atoms with Gasteiger partial charge >= 0.3 is 0 Å². The summed E-state index contributed by atoms with van der Waals surface area (Å²) in [6, 6.07) is 2.22. The fraction of sp³-hybridized carbons (Fsp3) is 0.786. The third-order valence-corrected chi connectivity index (χ3v) is 4.05. The average Bonchev–Trinajstić information content (AvgIpc) is 2.58. The van der Waals surface area contributed by atoms with Crippen LogP contribution in [0.5, 0.6) is 0 Å². The lowest BCUT2D eigenvalue weighted by molar-refractivity contribution is 0.232. The summed E-state index contributed by atoms with van der Waals surface area (Å²) in [6.07, 6.45) is 6.90. The lowest BCUT2D eigenvalue weighted by atomic mass is 9.74. The van der Waals surface area contributed by atoms with Gasteiger partial charge in [0.1, 0.15) is 0 Å². The second kappa shape index (κ2) is 4.81. The Bertz CT molecular complexity index is 383. The predicted octanol–water partition coefficient (Wildman–Crippen LogP) is 2.43. The van der Waals surface area contributed by atoms with Crippen LogP contribution < -0.4 is 5.73 Å². The summed E-state index contributed by atoms with van der Waals surface area (Å²) >= 11 is 0. The summed E-state index contributed by atoms with van der Waals surface area (Å²) in [5.41, 5.74) is 9.02. The normalized spacial score (nSPS) is 29.5. The van der Waals surface area contributed by atoms with Gasteiger partial charge in [-0.3, -0.25) is 4.68 Å². The third kappa shape index (κ3) is 2.89. The van der Waals surface area contributed by atoms with Crippen LogP contribution in [0, 0.1) is 5.92 Å². The van der Waals surface area contributed by atoms with Crippen molar-refractivity contribution in [3.63, 3.8) is 0 Å². The van der Waals surface area contributed by atoms with Crippen molar-refractivity contribution in [1.29, 1.82) is 0 Å². The minimum atomic E-state index is -0.00350. The van der Waals surface area contributed by atoms with Crippen LogP contribution in [0.25, 0.3) is 0 Å². The van der Waals surface area contributed by atoms with Crippen LogP contribution in [-0.2, 0) is 19.9 Å². The van der Waals surface area contributed by atoms with E-state index in [9.17, 15) is 0 Å². The minimum absolute atomic E-state index is 0.00350. The first-order valence-corrected chi connectivity index (χ1v) is 6.83. The van der Waals surface area contributed by atoms with Gasteiger partial charge in [0.15, 0.2) is 0 Å². The Balaban J connectivity index is 2.10. The zero-order valence-electron chi connectivity index (χ0n) is 11.4. The van der Waals surface area contributed by atoms with Crippen LogP contribution in [0.15, 0.2) is 6.07 Å². The van der Waals surface area contributed by atoms with E-state index in [4.69, 9.17) is 5.73 Å². The molecule has 0 saturated heterocycles. The lowest BCUT2D eigenvalue weighted by Crippen LogP contribution is -2.46. The van der Waals surface area contributed by atoms with Crippen molar-refractivity contribution in [2.24, 2.45) is 18.7 Å².